The van der Waals surface area contributed by atoms with Gasteiger partial charge < -0.3 is 10.4 Å². The summed E-state index contributed by atoms with van der Waals surface area (Å²) in [6.45, 7) is 13.1. The van der Waals surface area contributed by atoms with Crippen LogP contribution in [0.4, 0.5) is 0 Å². The number of nitroso groups, excluding NO2 is 1. The van der Waals surface area contributed by atoms with Crippen molar-refractivity contribution in [2.45, 2.75) is 67.2 Å². The maximum atomic E-state index is 10.9. The van der Waals surface area contributed by atoms with Crippen LogP contribution in [0, 0.1) is 10.3 Å². The van der Waals surface area contributed by atoms with Crippen LogP contribution in [0.15, 0.2) is 5.18 Å². The third-order valence-electron chi connectivity index (χ3n) is 2.12. The SMILES string of the molecule is CCC.CCCC(C)(C)CNC(=O)CN=O.CCCO. The highest BCUT2D eigenvalue weighted by Gasteiger charge is 2.17. The lowest BCUT2D eigenvalue weighted by molar-refractivity contribution is -0.120. The Bertz CT molecular complexity index is 217. The highest BCUT2D eigenvalue weighted by Crippen LogP contribution is 2.20. The summed E-state index contributed by atoms with van der Waals surface area (Å²) in [7, 11) is 0. The Hall–Kier alpha value is -0.970. The fraction of sp³-hybridized carbons (Fsp3) is 0.933. The van der Waals surface area contributed by atoms with Crippen LogP contribution >= 0.6 is 0 Å². The van der Waals surface area contributed by atoms with E-state index in [0.717, 1.165) is 19.3 Å². The van der Waals surface area contributed by atoms with Crippen LogP contribution in [0.25, 0.3) is 0 Å². The van der Waals surface area contributed by atoms with Gasteiger partial charge in [-0.15, -0.1) is 0 Å². The Labute approximate surface area is 124 Å². The predicted molar refractivity (Wildman–Crippen MR) is 85.7 cm³/mol. The van der Waals surface area contributed by atoms with Crippen LogP contribution in [0.2, 0.25) is 0 Å². The van der Waals surface area contributed by atoms with E-state index in [2.05, 4.69) is 45.1 Å². The molecule has 0 heterocycles. The van der Waals surface area contributed by atoms with Gasteiger partial charge >= 0.3 is 0 Å². The van der Waals surface area contributed by atoms with Crippen molar-refractivity contribution in [1.29, 1.82) is 0 Å². The maximum absolute atomic E-state index is 10.9. The van der Waals surface area contributed by atoms with Crippen LogP contribution in [0.1, 0.15) is 67.2 Å². The predicted octanol–water partition coefficient (Wildman–Crippen LogP) is 3.50. The van der Waals surface area contributed by atoms with Crippen molar-refractivity contribution in [3.05, 3.63) is 4.91 Å². The number of rotatable bonds is 7. The maximum Gasteiger partial charge on any atom is 0.245 e. The zero-order valence-electron chi connectivity index (χ0n) is 14.2. The molecule has 122 valence electrons. The summed E-state index contributed by atoms with van der Waals surface area (Å²) in [5.74, 6) is -0.292. The van der Waals surface area contributed by atoms with Gasteiger partial charge in [0.2, 0.25) is 5.91 Å². The number of carbonyl (C=O) groups is 1. The number of nitrogens with one attached hydrogen (secondary N) is 1. The van der Waals surface area contributed by atoms with Crippen molar-refractivity contribution in [1.82, 2.24) is 5.32 Å². The number of carbonyl (C=O) groups excluding carboxylic acids is 1. The van der Waals surface area contributed by atoms with Gasteiger partial charge in [0.15, 0.2) is 6.54 Å². The van der Waals surface area contributed by atoms with Crippen LogP contribution in [-0.2, 0) is 4.79 Å². The normalized spacial score (nSPS) is 9.55. The summed E-state index contributed by atoms with van der Waals surface area (Å²) in [5.41, 5.74) is 0.104. The highest BCUT2D eigenvalue weighted by molar-refractivity contribution is 5.78. The van der Waals surface area contributed by atoms with E-state index >= 15 is 0 Å². The Kier molecular flexibility index (Phi) is 21.7. The monoisotopic (exact) mass is 290 g/mol. The average molecular weight is 290 g/mol. The van der Waals surface area contributed by atoms with E-state index in [1.165, 1.54) is 6.42 Å². The first-order chi connectivity index (χ1) is 9.34. The molecule has 0 saturated carbocycles. The summed E-state index contributed by atoms with van der Waals surface area (Å²) in [6, 6.07) is 0. The first-order valence-corrected chi connectivity index (χ1v) is 7.51. The number of hydrogen-bond acceptors (Lipinski definition) is 4. The van der Waals surface area contributed by atoms with E-state index in [9.17, 15) is 9.70 Å². The summed E-state index contributed by atoms with van der Waals surface area (Å²) in [6.07, 6.45) is 4.27. The molecule has 0 aromatic heterocycles. The molecule has 20 heavy (non-hydrogen) atoms. The molecule has 0 spiro atoms. The number of hydrogen-bond donors (Lipinski definition) is 2. The molecular weight excluding hydrogens is 256 g/mol. The zero-order valence-corrected chi connectivity index (χ0v) is 14.2. The zero-order chi connectivity index (χ0) is 16.4. The van der Waals surface area contributed by atoms with Gasteiger partial charge in [0, 0.05) is 13.2 Å². The second kappa shape index (κ2) is 18.0. The smallest absolute Gasteiger partial charge is 0.245 e. The van der Waals surface area contributed by atoms with Crippen LogP contribution in [-0.4, -0.2) is 30.7 Å². The molecule has 1 amide bonds. The van der Waals surface area contributed by atoms with Gasteiger partial charge in [0.1, 0.15) is 0 Å². The first-order valence-electron chi connectivity index (χ1n) is 7.51. The third kappa shape index (κ3) is 25.8. The minimum absolute atomic E-state index is 0.104. The first kappa shape index (κ1) is 24.1. The summed E-state index contributed by atoms with van der Waals surface area (Å²) in [5, 5.41) is 13.1. The number of aliphatic hydroxyl groups is 1. The van der Waals surface area contributed by atoms with Crippen LogP contribution in [0.5, 0.6) is 0 Å². The Balaban J connectivity index is -0.000000343. The van der Waals surface area contributed by atoms with Crippen molar-refractivity contribution < 1.29 is 9.90 Å². The molecule has 2 N–H and O–H groups in total. The van der Waals surface area contributed by atoms with Gasteiger partial charge in [-0.2, -0.15) is 4.91 Å². The van der Waals surface area contributed by atoms with E-state index in [4.69, 9.17) is 5.11 Å². The van der Waals surface area contributed by atoms with Crippen molar-refractivity contribution >= 4 is 5.91 Å². The molecule has 0 aliphatic rings. The fourth-order valence-corrected chi connectivity index (χ4v) is 1.22. The van der Waals surface area contributed by atoms with E-state index in [-0.39, 0.29) is 17.9 Å². The van der Waals surface area contributed by atoms with Crippen molar-refractivity contribution in [3.63, 3.8) is 0 Å². The molecule has 0 aliphatic carbocycles. The third-order valence-corrected chi connectivity index (χ3v) is 2.12. The van der Waals surface area contributed by atoms with Gasteiger partial charge in [0.05, 0.1) is 0 Å². The topological polar surface area (TPSA) is 78.8 Å². The van der Waals surface area contributed by atoms with Crippen LogP contribution < -0.4 is 5.32 Å². The molecule has 0 bridgehead atoms. The standard InChI is InChI=1S/C9H18N2O2.C3H8O.C3H8/c1-4-5-9(2,3)7-10-8(12)6-11-13;1-2-3-4;1-3-2/h4-7H2,1-3H3,(H,10,12);4H,2-3H2,1H3;3H2,1-2H3. The Morgan fingerprint density at radius 3 is 1.90 bits per heavy atom. The highest BCUT2D eigenvalue weighted by atomic mass is 16.3. The number of aliphatic hydroxyl groups excluding tert-OH is 1. The molecule has 0 atom stereocenters. The molecule has 0 rings (SSSR count). The minimum Gasteiger partial charge on any atom is -0.396 e. The van der Waals surface area contributed by atoms with E-state index < -0.39 is 0 Å². The van der Waals surface area contributed by atoms with Crippen molar-refractivity contribution in [2.75, 3.05) is 19.7 Å². The second-order valence-electron chi connectivity index (χ2n) is 5.41. The molecule has 0 fully saturated rings. The van der Waals surface area contributed by atoms with Gasteiger partial charge in [-0.25, -0.2) is 0 Å². The molecule has 0 saturated heterocycles. The van der Waals surface area contributed by atoms with Gasteiger partial charge in [0.25, 0.3) is 0 Å². The van der Waals surface area contributed by atoms with Gasteiger partial charge in [-0.1, -0.05) is 59.6 Å². The number of amides is 1. The Morgan fingerprint density at radius 2 is 1.60 bits per heavy atom. The molecule has 0 unspecified atom stereocenters. The second-order valence-corrected chi connectivity index (χ2v) is 5.41. The lowest BCUT2D eigenvalue weighted by Crippen LogP contribution is -2.35. The number of nitrogens with zero attached hydrogens (tertiary/aromatic N) is 1. The molecule has 0 aliphatic heterocycles. The minimum atomic E-state index is -0.292. The van der Waals surface area contributed by atoms with E-state index in [0.29, 0.717) is 13.2 Å². The summed E-state index contributed by atoms with van der Waals surface area (Å²) < 4.78 is 0. The lowest BCUT2D eigenvalue weighted by Gasteiger charge is -2.23. The molecule has 0 aromatic carbocycles. The average Bonchev–Trinajstić information content (AvgIpc) is 2.38. The van der Waals surface area contributed by atoms with E-state index in [1.807, 2.05) is 6.92 Å². The lowest BCUT2D eigenvalue weighted by atomic mass is 9.88. The quantitative estimate of drug-likeness (QED) is 0.704. The van der Waals surface area contributed by atoms with Crippen molar-refractivity contribution in [3.8, 4) is 0 Å². The van der Waals surface area contributed by atoms with Gasteiger partial charge in [-0.3, -0.25) is 4.79 Å². The molecule has 0 aromatic rings. The van der Waals surface area contributed by atoms with E-state index in [1.54, 1.807) is 0 Å². The molecule has 5 heteroatoms. The van der Waals surface area contributed by atoms with Crippen molar-refractivity contribution in [2.24, 2.45) is 10.6 Å². The van der Waals surface area contributed by atoms with Gasteiger partial charge in [-0.05, 0) is 18.3 Å². The molecular formula is C15H34N2O3. The fourth-order valence-electron chi connectivity index (χ4n) is 1.22. The largest absolute Gasteiger partial charge is 0.396 e. The summed E-state index contributed by atoms with van der Waals surface area (Å²) in [4.78, 5) is 20.6. The molecule has 5 nitrogen and oxygen atoms in total. The van der Waals surface area contributed by atoms with Crippen LogP contribution in [0.3, 0.4) is 0 Å². The molecule has 0 radical (unpaired) electrons. The summed E-state index contributed by atoms with van der Waals surface area (Å²) >= 11 is 0. The Morgan fingerprint density at radius 1 is 1.15 bits per heavy atom.